The van der Waals surface area contributed by atoms with Crippen molar-refractivity contribution in [3.8, 4) is 0 Å². The molecular weight excluding hydrogens is 380 g/mol. The van der Waals surface area contributed by atoms with Gasteiger partial charge in [-0.3, -0.25) is 4.99 Å². The van der Waals surface area contributed by atoms with Gasteiger partial charge in [0.1, 0.15) is 6.10 Å². The zero-order chi connectivity index (χ0) is 20.1. The van der Waals surface area contributed by atoms with Crippen LogP contribution in [0.4, 0.5) is 0 Å². The largest absolute Gasteiger partial charge is 0.375 e. The molecule has 0 bridgehead atoms. The summed E-state index contributed by atoms with van der Waals surface area (Å²) in [7, 11) is 1.31. The number of nitrogens with zero attached hydrogens (tertiary/aromatic N) is 3. The molecule has 2 saturated heterocycles. The van der Waals surface area contributed by atoms with Crippen molar-refractivity contribution in [3.05, 3.63) is 29.8 Å². The van der Waals surface area contributed by atoms with E-state index in [0.29, 0.717) is 30.2 Å². The molecule has 0 radical (unpaired) electrons. The molecule has 9 heteroatoms. The van der Waals surface area contributed by atoms with Crippen LogP contribution in [0.15, 0.2) is 34.2 Å². The minimum atomic E-state index is -3.50. The van der Waals surface area contributed by atoms with E-state index in [0.717, 1.165) is 32.0 Å². The summed E-state index contributed by atoms with van der Waals surface area (Å²) in [4.78, 5) is 6.85. The Labute approximate surface area is 167 Å². The number of sulfonamides is 1. The van der Waals surface area contributed by atoms with E-state index in [4.69, 9.17) is 9.47 Å². The van der Waals surface area contributed by atoms with E-state index in [1.54, 1.807) is 19.2 Å². The SMILES string of the molecule is CN=C(NCc1ccccc1S(=O)(=O)N(C)C)N1CCOC(C2CCCO2)C1. The lowest BCUT2D eigenvalue weighted by atomic mass is 10.1. The van der Waals surface area contributed by atoms with Crippen LogP contribution >= 0.6 is 0 Å². The molecule has 0 aliphatic carbocycles. The smallest absolute Gasteiger partial charge is 0.242 e. The molecule has 2 fully saturated rings. The fourth-order valence-corrected chi connectivity index (χ4v) is 4.71. The molecule has 1 N–H and O–H groups in total. The number of benzene rings is 1. The van der Waals surface area contributed by atoms with Crippen molar-refractivity contribution in [1.29, 1.82) is 0 Å². The van der Waals surface area contributed by atoms with Crippen LogP contribution in [-0.4, -0.2) is 83.2 Å². The fourth-order valence-electron chi connectivity index (χ4n) is 3.59. The summed E-state index contributed by atoms with van der Waals surface area (Å²) < 4.78 is 38.1. The Morgan fingerprint density at radius 1 is 1.25 bits per heavy atom. The third-order valence-corrected chi connectivity index (χ3v) is 7.07. The predicted octanol–water partition coefficient (Wildman–Crippen LogP) is 0.892. The number of hydrogen-bond donors (Lipinski definition) is 1. The van der Waals surface area contributed by atoms with Crippen LogP contribution in [0.5, 0.6) is 0 Å². The Morgan fingerprint density at radius 2 is 2.00 bits per heavy atom. The van der Waals surface area contributed by atoms with E-state index in [-0.39, 0.29) is 12.2 Å². The minimum absolute atomic E-state index is 0.0382. The molecule has 0 spiro atoms. The normalized spacial score (nSPS) is 24.0. The molecule has 28 heavy (non-hydrogen) atoms. The van der Waals surface area contributed by atoms with Gasteiger partial charge in [0, 0.05) is 47.4 Å². The summed E-state index contributed by atoms with van der Waals surface area (Å²) >= 11 is 0. The van der Waals surface area contributed by atoms with Crippen molar-refractivity contribution >= 4 is 16.0 Å². The van der Waals surface area contributed by atoms with Gasteiger partial charge in [0.2, 0.25) is 10.0 Å². The Morgan fingerprint density at radius 3 is 2.68 bits per heavy atom. The zero-order valence-corrected chi connectivity index (χ0v) is 17.6. The molecule has 156 valence electrons. The van der Waals surface area contributed by atoms with Crippen molar-refractivity contribution in [2.24, 2.45) is 4.99 Å². The Balaban J connectivity index is 1.68. The molecule has 3 rings (SSSR count). The van der Waals surface area contributed by atoms with Gasteiger partial charge in [-0.1, -0.05) is 18.2 Å². The molecular formula is C19H30N4O4S. The number of ether oxygens (including phenoxy) is 2. The van der Waals surface area contributed by atoms with E-state index >= 15 is 0 Å². The van der Waals surface area contributed by atoms with Crippen molar-refractivity contribution in [1.82, 2.24) is 14.5 Å². The lowest BCUT2D eigenvalue weighted by Gasteiger charge is -2.37. The van der Waals surface area contributed by atoms with Gasteiger partial charge in [-0.2, -0.15) is 0 Å². The third-order valence-electron chi connectivity index (χ3n) is 5.15. The highest BCUT2D eigenvalue weighted by atomic mass is 32.2. The number of guanidine groups is 1. The van der Waals surface area contributed by atoms with Crippen molar-refractivity contribution in [2.45, 2.75) is 36.5 Å². The second-order valence-electron chi connectivity index (χ2n) is 7.20. The van der Waals surface area contributed by atoms with Crippen molar-refractivity contribution < 1.29 is 17.9 Å². The third kappa shape index (κ3) is 4.65. The van der Waals surface area contributed by atoms with Crippen LogP contribution in [0.2, 0.25) is 0 Å². The monoisotopic (exact) mass is 410 g/mol. The summed E-state index contributed by atoms with van der Waals surface area (Å²) in [6.45, 7) is 3.24. The number of nitrogens with one attached hydrogen (secondary N) is 1. The first kappa shape index (κ1) is 21.0. The molecule has 2 aliphatic rings. The van der Waals surface area contributed by atoms with E-state index in [9.17, 15) is 8.42 Å². The second-order valence-corrected chi connectivity index (χ2v) is 9.32. The molecule has 2 heterocycles. The van der Waals surface area contributed by atoms with Gasteiger partial charge in [-0.15, -0.1) is 0 Å². The predicted molar refractivity (Wildman–Crippen MR) is 108 cm³/mol. The second kappa shape index (κ2) is 9.21. The molecule has 1 aromatic rings. The minimum Gasteiger partial charge on any atom is -0.375 e. The van der Waals surface area contributed by atoms with Gasteiger partial charge in [0.25, 0.3) is 0 Å². The van der Waals surface area contributed by atoms with Crippen LogP contribution in [0.25, 0.3) is 0 Å². The van der Waals surface area contributed by atoms with Gasteiger partial charge in [-0.05, 0) is 24.5 Å². The zero-order valence-electron chi connectivity index (χ0n) is 16.8. The maximum Gasteiger partial charge on any atom is 0.242 e. The molecule has 0 amide bonds. The number of aliphatic imine (C=N–C) groups is 1. The summed E-state index contributed by atoms with van der Waals surface area (Å²) in [5.74, 6) is 0.739. The van der Waals surface area contributed by atoms with Gasteiger partial charge in [0.15, 0.2) is 5.96 Å². The number of rotatable bonds is 5. The summed E-state index contributed by atoms with van der Waals surface area (Å²) in [6.07, 6.45) is 2.29. The van der Waals surface area contributed by atoms with Crippen molar-refractivity contribution in [2.75, 3.05) is 47.4 Å². The first-order valence-electron chi connectivity index (χ1n) is 9.62. The average Bonchev–Trinajstić information content (AvgIpc) is 3.24. The van der Waals surface area contributed by atoms with E-state index in [1.807, 2.05) is 12.1 Å². The maximum atomic E-state index is 12.6. The van der Waals surface area contributed by atoms with Crippen LogP contribution in [0.1, 0.15) is 18.4 Å². The molecule has 2 aliphatic heterocycles. The molecule has 1 aromatic carbocycles. The Kier molecular flexibility index (Phi) is 6.92. The van der Waals surface area contributed by atoms with Crippen LogP contribution < -0.4 is 5.32 Å². The lowest BCUT2D eigenvalue weighted by molar-refractivity contribution is -0.0817. The van der Waals surface area contributed by atoms with E-state index in [2.05, 4.69) is 15.2 Å². The highest BCUT2D eigenvalue weighted by Crippen LogP contribution is 2.21. The number of hydrogen-bond acceptors (Lipinski definition) is 5. The van der Waals surface area contributed by atoms with Gasteiger partial charge < -0.3 is 19.7 Å². The van der Waals surface area contributed by atoms with E-state index < -0.39 is 10.0 Å². The average molecular weight is 411 g/mol. The topological polar surface area (TPSA) is 83.5 Å². The Bertz CT molecular complexity index is 791. The summed E-state index contributed by atoms with van der Waals surface area (Å²) in [6, 6.07) is 7.04. The lowest BCUT2D eigenvalue weighted by Crippen LogP contribution is -2.53. The molecule has 0 aromatic heterocycles. The van der Waals surface area contributed by atoms with Crippen LogP contribution in [0.3, 0.4) is 0 Å². The highest BCUT2D eigenvalue weighted by Gasteiger charge is 2.32. The highest BCUT2D eigenvalue weighted by molar-refractivity contribution is 7.89. The Hall–Kier alpha value is -1.68. The first-order valence-corrected chi connectivity index (χ1v) is 11.1. The molecule has 2 unspecified atom stereocenters. The maximum absolute atomic E-state index is 12.6. The summed E-state index contributed by atoms with van der Waals surface area (Å²) in [5.41, 5.74) is 0.710. The quantitative estimate of drug-likeness (QED) is 0.573. The summed E-state index contributed by atoms with van der Waals surface area (Å²) in [5, 5.41) is 3.31. The molecule has 8 nitrogen and oxygen atoms in total. The first-order chi connectivity index (χ1) is 13.4. The van der Waals surface area contributed by atoms with Crippen molar-refractivity contribution in [3.63, 3.8) is 0 Å². The van der Waals surface area contributed by atoms with Crippen LogP contribution in [-0.2, 0) is 26.0 Å². The number of morpholine rings is 1. The fraction of sp³-hybridized carbons (Fsp3) is 0.632. The van der Waals surface area contributed by atoms with Crippen LogP contribution in [0, 0.1) is 0 Å². The van der Waals surface area contributed by atoms with Gasteiger partial charge in [0.05, 0.1) is 17.6 Å². The molecule has 0 saturated carbocycles. The van der Waals surface area contributed by atoms with Gasteiger partial charge >= 0.3 is 0 Å². The van der Waals surface area contributed by atoms with Gasteiger partial charge in [-0.25, -0.2) is 12.7 Å². The molecule has 2 atom stereocenters. The standard InChI is InChI=1S/C19H30N4O4S/c1-20-19(23-10-12-27-17(14-23)16-8-6-11-26-16)21-13-15-7-4-5-9-18(15)28(24,25)22(2)3/h4-5,7,9,16-17H,6,8,10-14H2,1-3H3,(H,20,21). The van der Waals surface area contributed by atoms with E-state index in [1.165, 1.54) is 18.4 Å².